The summed E-state index contributed by atoms with van der Waals surface area (Å²) in [4.78, 5) is 11.7. The van der Waals surface area contributed by atoms with Crippen molar-refractivity contribution in [2.45, 2.75) is 13.3 Å². The quantitative estimate of drug-likeness (QED) is 0.719. The summed E-state index contributed by atoms with van der Waals surface area (Å²) in [5, 5.41) is 2.65. The smallest absolute Gasteiger partial charge is 0.254 e. The predicted octanol–water partition coefficient (Wildman–Crippen LogP) is 1.23. The summed E-state index contributed by atoms with van der Waals surface area (Å²) in [6.07, 6.45) is 0.680. The van der Waals surface area contributed by atoms with Crippen LogP contribution in [0.2, 0.25) is 0 Å². The van der Waals surface area contributed by atoms with Crippen LogP contribution < -0.4 is 11.1 Å². The van der Waals surface area contributed by atoms with Gasteiger partial charge in [0, 0.05) is 19.7 Å². The molecular formula is C13H19FN2O2. The van der Waals surface area contributed by atoms with Gasteiger partial charge in [0.25, 0.3) is 5.91 Å². The molecule has 0 radical (unpaired) electrons. The first-order valence-corrected chi connectivity index (χ1v) is 5.97. The average molecular weight is 254 g/mol. The molecular weight excluding hydrogens is 235 g/mol. The summed E-state index contributed by atoms with van der Waals surface area (Å²) in [6.45, 7) is 3.77. The van der Waals surface area contributed by atoms with Crippen LogP contribution in [-0.4, -0.2) is 32.2 Å². The maximum atomic E-state index is 13.5. The molecule has 0 spiro atoms. The number of carbonyl (C=O) groups excluding carboxylic acids is 1. The van der Waals surface area contributed by atoms with Crippen molar-refractivity contribution in [1.29, 1.82) is 0 Å². The largest absolute Gasteiger partial charge is 0.380 e. The highest BCUT2D eigenvalue weighted by Gasteiger charge is 2.10. The van der Waals surface area contributed by atoms with Crippen LogP contribution >= 0.6 is 0 Å². The third kappa shape index (κ3) is 4.81. The number of amides is 1. The minimum atomic E-state index is -0.494. The van der Waals surface area contributed by atoms with Crippen LogP contribution in [-0.2, 0) is 4.74 Å². The summed E-state index contributed by atoms with van der Waals surface area (Å²) in [6, 6.07) is 4.55. The van der Waals surface area contributed by atoms with Crippen LogP contribution in [0, 0.1) is 12.7 Å². The fourth-order valence-electron chi connectivity index (χ4n) is 1.46. The molecule has 0 fully saturated rings. The van der Waals surface area contributed by atoms with E-state index in [2.05, 4.69) is 5.32 Å². The van der Waals surface area contributed by atoms with Gasteiger partial charge in [-0.15, -0.1) is 0 Å². The molecule has 1 aromatic rings. The van der Waals surface area contributed by atoms with Crippen molar-refractivity contribution in [2.75, 3.05) is 26.3 Å². The van der Waals surface area contributed by atoms with E-state index in [4.69, 9.17) is 10.5 Å². The van der Waals surface area contributed by atoms with Gasteiger partial charge in [0.2, 0.25) is 0 Å². The molecule has 0 aliphatic rings. The molecule has 0 heterocycles. The van der Waals surface area contributed by atoms with Crippen molar-refractivity contribution in [1.82, 2.24) is 5.32 Å². The molecule has 18 heavy (non-hydrogen) atoms. The van der Waals surface area contributed by atoms with Crippen LogP contribution in [0.1, 0.15) is 22.3 Å². The van der Waals surface area contributed by atoms with Crippen molar-refractivity contribution in [3.63, 3.8) is 0 Å². The Morgan fingerprint density at radius 3 is 2.89 bits per heavy atom. The van der Waals surface area contributed by atoms with E-state index in [1.807, 2.05) is 0 Å². The molecule has 0 saturated carbocycles. The summed E-state index contributed by atoms with van der Waals surface area (Å²) in [5.74, 6) is -0.891. The number of hydrogen-bond donors (Lipinski definition) is 2. The lowest BCUT2D eigenvalue weighted by Crippen LogP contribution is -2.26. The van der Waals surface area contributed by atoms with Gasteiger partial charge in [-0.2, -0.15) is 0 Å². The lowest BCUT2D eigenvalue weighted by molar-refractivity contribution is 0.0939. The van der Waals surface area contributed by atoms with Gasteiger partial charge in [0.05, 0.1) is 12.2 Å². The van der Waals surface area contributed by atoms with Gasteiger partial charge in [0.15, 0.2) is 0 Å². The number of aryl methyl sites for hydroxylation is 1. The number of ether oxygens (including phenoxy) is 1. The van der Waals surface area contributed by atoms with E-state index in [0.717, 1.165) is 5.56 Å². The molecule has 0 aliphatic heterocycles. The monoisotopic (exact) mass is 254 g/mol. The molecule has 0 bridgehead atoms. The number of hydrogen-bond acceptors (Lipinski definition) is 3. The SMILES string of the molecule is Cc1ccc(C(=O)NCCCOCCN)c(F)c1. The van der Waals surface area contributed by atoms with E-state index in [1.54, 1.807) is 13.0 Å². The first kappa shape index (κ1) is 14.6. The molecule has 0 aromatic heterocycles. The van der Waals surface area contributed by atoms with E-state index in [0.29, 0.717) is 32.7 Å². The molecule has 0 unspecified atom stereocenters. The van der Waals surface area contributed by atoms with Gasteiger partial charge in [-0.25, -0.2) is 4.39 Å². The summed E-state index contributed by atoms with van der Waals surface area (Å²) >= 11 is 0. The molecule has 100 valence electrons. The standard InChI is InChI=1S/C13H19FN2O2/c1-10-3-4-11(12(14)9-10)13(17)16-6-2-7-18-8-5-15/h3-4,9H,2,5-8,15H2,1H3,(H,16,17). The van der Waals surface area contributed by atoms with Crippen molar-refractivity contribution < 1.29 is 13.9 Å². The van der Waals surface area contributed by atoms with Gasteiger partial charge < -0.3 is 15.8 Å². The van der Waals surface area contributed by atoms with Crippen molar-refractivity contribution >= 4 is 5.91 Å². The Morgan fingerprint density at radius 1 is 1.44 bits per heavy atom. The van der Waals surface area contributed by atoms with Gasteiger partial charge in [-0.05, 0) is 31.0 Å². The lowest BCUT2D eigenvalue weighted by atomic mass is 10.1. The van der Waals surface area contributed by atoms with E-state index in [9.17, 15) is 9.18 Å². The average Bonchev–Trinajstić information content (AvgIpc) is 2.33. The summed E-state index contributed by atoms with van der Waals surface area (Å²) in [5.41, 5.74) is 6.12. The predicted molar refractivity (Wildman–Crippen MR) is 68.0 cm³/mol. The minimum Gasteiger partial charge on any atom is -0.380 e. The Hall–Kier alpha value is -1.46. The molecule has 0 aliphatic carbocycles. The topological polar surface area (TPSA) is 64.3 Å². The molecule has 0 atom stereocenters. The highest BCUT2D eigenvalue weighted by atomic mass is 19.1. The van der Waals surface area contributed by atoms with Crippen LogP contribution in [0.25, 0.3) is 0 Å². The molecule has 1 aromatic carbocycles. The first-order chi connectivity index (χ1) is 8.65. The van der Waals surface area contributed by atoms with Crippen LogP contribution in [0.3, 0.4) is 0 Å². The Bertz CT molecular complexity index is 397. The van der Waals surface area contributed by atoms with E-state index in [1.165, 1.54) is 12.1 Å². The number of rotatable bonds is 7. The molecule has 5 heteroatoms. The van der Waals surface area contributed by atoms with Crippen LogP contribution in [0.4, 0.5) is 4.39 Å². The van der Waals surface area contributed by atoms with Crippen molar-refractivity contribution in [2.24, 2.45) is 5.73 Å². The number of nitrogens with one attached hydrogen (secondary N) is 1. The van der Waals surface area contributed by atoms with Gasteiger partial charge in [-0.1, -0.05) is 6.07 Å². The zero-order chi connectivity index (χ0) is 13.4. The maximum absolute atomic E-state index is 13.5. The van der Waals surface area contributed by atoms with E-state index >= 15 is 0 Å². The Labute approximate surface area is 106 Å². The number of carbonyl (C=O) groups is 1. The third-order valence-electron chi connectivity index (χ3n) is 2.38. The van der Waals surface area contributed by atoms with Crippen molar-refractivity contribution in [3.05, 3.63) is 35.1 Å². The van der Waals surface area contributed by atoms with Crippen LogP contribution in [0.15, 0.2) is 18.2 Å². The summed E-state index contributed by atoms with van der Waals surface area (Å²) in [7, 11) is 0. The number of halogens is 1. The van der Waals surface area contributed by atoms with Gasteiger partial charge >= 0.3 is 0 Å². The molecule has 3 N–H and O–H groups in total. The minimum absolute atomic E-state index is 0.0727. The zero-order valence-electron chi connectivity index (χ0n) is 10.5. The second-order valence-corrected chi connectivity index (χ2v) is 3.99. The third-order valence-corrected chi connectivity index (χ3v) is 2.38. The molecule has 1 amide bonds. The zero-order valence-corrected chi connectivity index (χ0v) is 10.5. The normalized spacial score (nSPS) is 10.4. The summed E-state index contributed by atoms with van der Waals surface area (Å²) < 4.78 is 18.6. The lowest BCUT2D eigenvalue weighted by Gasteiger charge is -2.07. The molecule has 0 saturated heterocycles. The first-order valence-electron chi connectivity index (χ1n) is 5.97. The van der Waals surface area contributed by atoms with Crippen molar-refractivity contribution in [3.8, 4) is 0 Å². The van der Waals surface area contributed by atoms with E-state index in [-0.39, 0.29) is 5.56 Å². The number of benzene rings is 1. The molecule has 1 rings (SSSR count). The highest BCUT2D eigenvalue weighted by Crippen LogP contribution is 2.09. The van der Waals surface area contributed by atoms with Crippen LogP contribution in [0.5, 0.6) is 0 Å². The Kier molecular flexibility index (Phi) is 6.32. The fourth-order valence-corrected chi connectivity index (χ4v) is 1.46. The fraction of sp³-hybridized carbons (Fsp3) is 0.462. The van der Waals surface area contributed by atoms with Gasteiger partial charge in [-0.3, -0.25) is 4.79 Å². The highest BCUT2D eigenvalue weighted by molar-refractivity contribution is 5.94. The van der Waals surface area contributed by atoms with E-state index < -0.39 is 11.7 Å². The second-order valence-electron chi connectivity index (χ2n) is 3.99. The van der Waals surface area contributed by atoms with Gasteiger partial charge in [0.1, 0.15) is 5.82 Å². The molecule has 4 nitrogen and oxygen atoms in total. The Balaban J connectivity index is 2.32. The second kappa shape index (κ2) is 7.79. The maximum Gasteiger partial charge on any atom is 0.254 e. The Morgan fingerprint density at radius 2 is 2.22 bits per heavy atom. The number of nitrogens with two attached hydrogens (primary N) is 1.